The summed E-state index contributed by atoms with van der Waals surface area (Å²) in [5, 5.41) is 0. The first kappa shape index (κ1) is 11.7. The number of hydrogen-bond acceptors (Lipinski definition) is 6. The third kappa shape index (κ3) is 2.70. The van der Waals surface area contributed by atoms with Crippen molar-refractivity contribution in [1.29, 1.82) is 0 Å². The zero-order valence-corrected chi connectivity index (χ0v) is 10.5. The molecule has 1 saturated carbocycles. The minimum absolute atomic E-state index is 0.618. The van der Waals surface area contributed by atoms with Gasteiger partial charge < -0.3 is 10.3 Å². The van der Waals surface area contributed by atoms with E-state index in [1.54, 1.807) is 12.4 Å². The molecule has 3 N–H and O–H groups in total. The van der Waals surface area contributed by atoms with Gasteiger partial charge in [0.15, 0.2) is 5.82 Å². The van der Waals surface area contributed by atoms with E-state index < -0.39 is 0 Å². The molecule has 1 aliphatic heterocycles. The zero-order valence-electron chi connectivity index (χ0n) is 10.5. The predicted octanol–water partition coefficient (Wildman–Crippen LogP) is 0.294. The summed E-state index contributed by atoms with van der Waals surface area (Å²) in [5.41, 5.74) is 2.54. The topological polar surface area (TPSA) is 70.3 Å². The van der Waals surface area contributed by atoms with E-state index in [0.29, 0.717) is 5.82 Å². The molecule has 2 aliphatic rings. The maximum absolute atomic E-state index is 5.35. The molecule has 6 heteroatoms. The standard InChI is InChI=1S/C12H20N6/c13-16-11-7-14-8-12(15-11)18-5-3-17(4-6-18)9-10-1-2-10/h7-8,10H,1-6,9,13H2,(H,15,16). The minimum Gasteiger partial charge on any atom is -0.353 e. The average molecular weight is 248 g/mol. The fourth-order valence-electron chi connectivity index (χ4n) is 2.40. The van der Waals surface area contributed by atoms with Crippen LogP contribution in [0.1, 0.15) is 12.8 Å². The van der Waals surface area contributed by atoms with Gasteiger partial charge in [-0.3, -0.25) is 9.88 Å². The lowest BCUT2D eigenvalue weighted by Crippen LogP contribution is -2.47. The molecule has 1 aromatic heterocycles. The molecular formula is C12H20N6. The van der Waals surface area contributed by atoms with Crippen LogP contribution in [0.25, 0.3) is 0 Å². The first-order valence-corrected chi connectivity index (χ1v) is 6.61. The Bertz CT molecular complexity index is 397. The Morgan fingerprint density at radius 1 is 1.22 bits per heavy atom. The SMILES string of the molecule is NNc1cncc(N2CCN(CC3CC3)CC2)n1. The van der Waals surface area contributed by atoms with Crippen LogP contribution in [-0.2, 0) is 0 Å². The van der Waals surface area contributed by atoms with Crippen LogP contribution in [0.3, 0.4) is 0 Å². The molecule has 98 valence electrons. The predicted molar refractivity (Wildman–Crippen MR) is 71.2 cm³/mol. The van der Waals surface area contributed by atoms with Gasteiger partial charge in [0.2, 0.25) is 0 Å². The van der Waals surface area contributed by atoms with E-state index >= 15 is 0 Å². The lowest BCUT2D eigenvalue weighted by atomic mass is 10.3. The highest BCUT2D eigenvalue weighted by Gasteiger charge is 2.26. The summed E-state index contributed by atoms with van der Waals surface area (Å²) in [4.78, 5) is 13.4. The Morgan fingerprint density at radius 2 is 2.00 bits per heavy atom. The van der Waals surface area contributed by atoms with Crippen LogP contribution in [0.15, 0.2) is 12.4 Å². The summed E-state index contributed by atoms with van der Waals surface area (Å²) in [5.74, 6) is 7.86. The third-order valence-corrected chi connectivity index (χ3v) is 3.68. The quantitative estimate of drug-likeness (QED) is 0.590. The lowest BCUT2D eigenvalue weighted by molar-refractivity contribution is 0.247. The molecule has 18 heavy (non-hydrogen) atoms. The van der Waals surface area contributed by atoms with Gasteiger partial charge in [-0.15, -0.1) is 0 Å². The van der Waals surface area contributed by atoms with Crippen LogP contribution in [0.5, 0.6) is 0 Å². The van der Waals surface area contributed by atoms with Gasteiger partial charge in [0, 0.05) is 32.7 Å². The van der Waals surface area contributed by atoms with E-state index in [9.17, 15) is 0 Å². The number of rotatable bonds is 4. The van der Waals surface area contributed by atoms with Crippen LogP contribution < -0.4 is 16.2 Å². The summed E-state index contributed by atoms with van der Waals surface area (Å²) in [6.07, 6.45) is 6.29. The van der Waals surface area contributed by atoms with Gasteiger partial charge in [-0.05, 0) is 18.8 Å². The Kier molecular flexibility index (Phi) is 3.29. The van der Waals surface area contributed by atoms with Crippen molar-refractivity contribution in [2.45, 2.75) is 12.8 Å². The smallest absolute Gasteiger partial charge is 0.160 e. The van der Waals surface area contributed by atoms with Crippen molar-refractivity contribution in [3.05, 3.63) is 12.4 Å². The van der Waals surface area contributed by atoms with E-state index in [0.717, 1.165) is 37.9 Å². The second kappa shape index (κ2) is 5.07. The van der Waals surface area contributed by atoms with E-state index in [4.69, 9.17) is 5.84 Å². The highest BCUT2D eigenvalue weighted by molar-refractivity contribution is 5.43. The molecule has 6 nitrogen and oxygen atoms in total. The molecule has 0 aromatic carbocycles. The second-order valence-electron chi connectivity index (χ2n) is 5.14. The first-order chi connectivity index (χ1) is 8.85. The number of nitrogens with two attached hydrogens (primary N) is 1. The monoisotopic (exact) mass is 248 g/mol. The van der Waals surface area contributed by atoms with Crippen molar-refractivity contribution in [3.63, 3.8) is 0 Å². The largest absolute Gasteiger partial charge is 0.353 e. The summed E-state index contributed by atoms with van der Waals surface area (Å²) >= 11 is 0. The molecule has 0 radical (unpaired) electrons. The van der Waals surface area contributed by atoms with Crippen LogP contribution in [0.2, 0.25) is 0 Å². The molecule has 0 unspecified atom stereocenters. The number of hydrogen-bond donors (Lipinski definition) is 2. The molecule has 1 aromatic rings. The van der Waals surface area contributed by atoms with Gasteiger partial charge in [-0.25, -0.2) is 10.8 Å². The Balaban J connectivity index is 1.57. The van der Waals surface area contributed by atoms with Gasteiger partial charge >= 0.3 is 0 Å². The highest BCUT2D eigenvalue weighted by atomic mass is 15.3. The molecule has 0 atom stereocenters. The van der Waals surface area contributed by atoms with E-state index in [2.05, 4.69) is 25.2 Å². The van der Waals surface area contributed by atoms with Crippen molar-refractivity contribution in [3.8, 4) is 0 Å². The van der Waals surface area contributed by atoms with Gasteiger partial charge in [0.05, 0.1) is 12.4 Å². The molecule has 2 heterocycles. The van der Waals surface area contributed by atoms with Crippen molar-refractivity contribution < 1.29 is 0 Å². The molecule has 1 saturated heterocycles. The van der Waals surface area contributed by atoms with Crippen molar-refractivity contribution in [2.75, 3.05) is 43.0 Å². The zero-order chi connectivity index (χ0) is 12.4. The fraction of sp³-hybridized carbons (Fsp3) is 0.667. The number of anilines is 2. The third-order valence-electron chi connectivity index (χ3n) is 3.68. The summed E-state index contributed by atoms with van der Waals surface area (Å²) in [7, 11) is 0. The van der Waals surface area contributed by atoms with Crippen molar-refractivity contribution in [2.24, 2.45) is 11.8 Å². The summed E-state index contributed by atoms with van der Waals surface area (Å²) < 4.78 is 0. The Morgan fingerprint density at radius 3 is 2.67 bits per heavy atom. The molecule has 0 spiro atoms. The molecule has 3 rings (SSSR count). The fourth-order valence-corrected chi connectivity index (χ4v) is 2.40. The minimum atomic E-state index is 0.618. The Hall–Kier alpha value is -1.40. The number of nitrogen functional groups attached to an aromatic ring is 1. The molecular weight excluding hydrogens is 228 g/mol. The highest BCUT2D eigenvalue weighted by Crippen LogP contribution is 2.30. The van der Waals surface area contributed by atoms with Crippen molar-refractivity contribution >= 4 is 11.6 Å². The molecule has 1 aliphatic carbocycles. The van der Waals surface area contributed by atoms with Crippen LogP contribution in [0, 0.1) is 5.92 Å². The Labute approximate surface area is 107 Å². The maximum Gasteiger partial charge on any atom is 0.160 e. The van der Waals surface area contributed by atoms with E-state index in [1.165, 1.54) is 19.4 Å². The van der Waals surface area contributed by atoms with Crippen LogP contribution >= 0.6 is 0 Å². The number of nitrogens with one attached hydrogen (secondary N) is 1. The van der Waals surface area contributed by atoms with E-state index in [-0.39, 0.29) is 0 Å². The van der Waals surface area contributed by atoms with Crippen LogP contribution in [0.4, 0.5) is 11.6 Å². The van der Waals surface area contributed by atoms with E-state index in [1.807, 2.05) is 0 Å². The van der Waals surface area contributed by atoms with Gasteiger partial charge in [-0.1, -0.05) is 0 Å². The van der Waals surface area contributed by atoms with Crippen molar-refractivity contribution in [1.82, 2.24) is 14.9 Å². The number of aromatic nitrogens is 2. The van der Waals surface area contributed by atoms with Gasteiger partial charge in [0.1, 0.15) is 5.82 Å². The summed E-state index contributed by atoms with van der Waals surface area (Å²) in [6, 6.07) is 0. The number of piperazine rings is 1. The molecule has 0 bridgehead atoms. The number of nitrogens with zero attached hydrogens (tertiary/aromatic N) is 4. The van der Waals surface area contributed by atoms with Gasteiger partial charge in [0.25, 0.3) is 0 Å². The maximum atomic E-state index is 5.35. The van der Waals surface area contributed by atoms with Crippen LogP contribution in [-0.4, -0.2) is 47.6 Å². The normalized spacial score (nSPS) is 21.1. The molecule has 0 amide bonds. The van der Waals surface area contributed by atoms with Gasteiger partial charge in [-0.2, -0.15) is 0 Å². The second-order valence-corrected chi connectivity index (χ2v) is 5.14. The lowest BCUT2D eigenvalue weighted by Gasteiger charge is -2.35. The molecule has 2 fully saturated rings. The first-order valence-electron chi connectivity index (χ1n) is 6.61. The average Bonchev–Trinajstić information content (AvgIpc) is 3.24. The number of hydrazine groups is 1. The summed E-state index contributed by atoms with van der Waals surface area (Å²) in [6.45, 7) is 5.58.